The maximum absolute atomic E-state index is 13.7. The molecule has 0 spiro atoms. The van der Waals surface area contributed by atoms with Gasteiger partial charge in [-0.25, -0.2) is 14.4 Å². The fourth-order valence-electron chi connectivity index (χ4n) is 2.50. The second-order valence-corrected chi connectivity index (χ2v) is 6.51. The highest BCUT2D eigenvalue weighted by molar-refractivity contribution is 6.31. The normalized spacial score (nSPS) is 10.5. The summed E-state index contributed by atoms with van der Waals surface area (Å²) in [5, 5.41) is 6.29. The number of anilines is 2. The van der Waals surface area contributed by atoms with E-state index in [1.807, 2.05) is 13.0 Å². The average Bonchev–Trinajstić information content (AvgIpc) is 2.63. The van der Waals surface area contributed by atoms with Gasteiger partial charge in [0.15, 0.2) is 0 Å². The first-order valence-electron chi connectivity index (χ1n) is 8.33. The molecule has 3 aromatic rings. The summed E-state index contributed by atoms with van der Waals surface area (Å²) in [6.45, 7) is 3.85. The predicted octanol–water partition coefficient (Wildman–Crippen LogP) is 4.75. The van der Waals surface area contributed by atoms with Crippen LogP contribution in [-0.4, -0.2) is 15.9 Å². The van der Waals surface area contributed by atoms with Crippen molar-refractivity contribution in [2.75, 3.05) is 10.6 Å². The highest BCUT2D eigenvalue weighted by Gasteiger charge is 2.13. The molecule has 0 saturated carbocycles. The van der Waals surface area contributed by atoms with Crippen LogP contribution in [-0.2, 0) is 6.54 Å². The number of hydrogen-bond acceptors (Lipinski definition) is 4. The topological polar surface area (TPSA) is 66.9 Å². The summed E-state index contributed by atoms with van der Waals surface area (Å²) in [7, 11) is 0. The number of rotatable bonds is 5. The Labute approximate surface area is 161 Å². The van der Waals surface area contributed by atoms with Crippen molar-refractivity contribution in [2.45, 2.75) is 20.4 Å². The fraction of sp³-hybridized carbons (Fsp3) is 0.150. The van der Waals surface area contributed by atoms with Crippen LogP contribution in [0.25, 0.3) is 0 Å². The zero-order valence-corrected chi connectivity index (χ0v) is 15.6. The van der Waals surface area contributed by atoms with Crippen molar-refractivity contribution in [1.29, 1.82) is 0 Å². The summed E-state index contributed by atoms with van der Waals surface area (Å²) in [6.07, 6.45) is 0. The Morgan fingerprint density at radius 1 is 1.11 bits per heavy atom. The molecule has 0 aliphatic carbocycles. The van der Waals surface area contributed by atoms with Gasteiger partial charge in [-0.2, -0.15) is 0 Å². The summed E-state index contributed by atoms with van der Waals surface area (Å²) in [5.41, 5.74) is 2.82. The molecule has 0 radical (unpaired) electrons. The Hall–Kier alpha value is -2.99. The SMILES string of the molecule is Cc1cc(C(=O)Nc2cc(Cl)ccc2C)nc(NCc2ccccc2F)n1. The van der Waals surface area contributed by atoms with E-state index in [2.05, 4.69) is 20.6 Å². The summed E-state index contributed by atoms with van der Waals surface area (Å²) >= 11 is 5.99. The van der Waals surface area contributed by atoms with Crippen molar-refractivity contribution < 1.29 is 9.18 Å². The minimum absolute atomic E-state index is 0.206. The van der Waals surface area contributed by atoms with Crippen LogP contribution in [0.15, 0.2) is 48.5 Å². The number of carbonyl (C=O) groups is 1. The number of carbonyl (C=O) groups excluding carboxylic acids is 1. The third-order valence-corrected chi connectivity index (χ3v) is 4.16. The first-order chi connectivity index (χ1) is 12.9. The van der Waals surface area contributed by atoms with E-state index in [1.54, 1.807) is 43.3 Å². The highest BCUT2D eigenvalue weighted by Crippen LogP contribution is 2.21. The van der Waals surface area contributed by atoms with Crippen LogP contribution in [0.1, 0.15) is 27.3 Å². The van der Waals surface area contributed by atoms with Crippen molar-refractivity contribution >= 4 is 29.1 Å². The van der Waals surface area contributed by atoms with Gasteiger partial charge in [0.2, 0.25) is 5.95 Å². The Bertz CT molecular complexity index is 993. The molecule has 5 nitrogen and oxygen atoms in total. The van der Waals surface area contributed by atoms with Crippen molar-refractivity contribution in [3.05, 3.63) is 81.9 Å². The van der Waals surface area contributed by atoms with Crippen LogP contribution in [0.4, 0.5) is 16.0 Å². The van der Waals surface area contributed by atoms with Crippen molar-refractivity contribution in [2.24, 2.45) is 0 Å². The van der Waals surface area contributed by atoms with E-state index >= 15 is 0 Å². The predicted molar refractivity (Wildman–Crippen MR) is 105 cm³/mol. The van der Waals surface area contributed by atoms with Crippen LogP contribution >= 0.6 is 11.6 Å². The lowest BCUT2D eigenvalue weighted by atomic mass is 10.2. The van der Waals surface area contributed by atoms with Gasteiger partial charge in [0, 0.05) is 28.5 Å². The van der Waals surface area contributed by atoms with E-state index in [1.165, 1.54) is 6.07 Å². The van der Waals surface area contributed by atoms with Crippen molar-refractivity contribution in [3.8, 4) is 0 Å². The zero-order valence-electron chi connectivity index (χ0n) is 14.9. The van der Waals surface area contributed by atoms with Crippen LogP contribution in [0.5, 0.6) is 0 Å². The summed E-state index contributed by atoms with van der Waals surface area (Å²) in [5.74, 6) is -0.432. The number of halogens is 2. The maximum atomic E-state index is 13.7. The molecule has 0 aliphatic rings. The van der Waals surface area contributed by atoms with Crippen LogP contribution in [0.2, 0.25) is 5.02 Å². The molecule has 2 aromatic carbocycles. The second-order valence-electron chi connectivity index (χ2n) is 6.08. The largest absolute Gasteiger partial charge is 0.350 e. The Balaban J connectivity index is 1.77. The lowest BCUT2D eigenvalue weighted by Gasteiger charge is -2.11. The molecular weight excluding hydrogens is 367 g/mol. The van der Waals surface area contributed by atoms with Gasteiger partial charge in [0.25, 0.3) is 5.91 Å². The minimum atomic E-state index is -0.375. The van der Waals surface area contributed by atoms with Crippen LogP contribution in [0.3, 0.4) is 0 Å². The first kappa shape index (κ1) is 18.8. The lowest BCUT2D eigenvalue weighted by molar-refractivity contribution is 0.102. The number of nitrogens with one attached hydrogen (secondary N) is 2. The molecule has 7 heteroatoms. The van der Waals surface area contributed by atoms with Gasteiger partial charge in [-0.3, -0.25) is 4.79 Å². The number of benzene rings is 2. The number of hydrogen-bond donors (Lipinski definition) is 2. The molecule has 1 aromatic heterocycles. The molecule has 0 atom stereocenters. The highest BCUT2D eigenvalue weighted by atomic mass is 35.5. The summed E-state index contributed by atoms with van der Waals surface area (Å²) < 4.78 is 13.7. The molecule has 0 fully saturated rings. The standard InChI is InChI=1S/C20H18ClFN4O/c1-12-7-8-15(21)10-17(12)25-19(27)18-9-13(2)24-20(26-18)23-11-14-5-3-4-6-16(14)22/h3-10H,11H2,1-2H3,(H,25,27)(H,23,24,26). The lowest BCUT2D eigenvalue weighted by Crippen LogP contribution is -2.17. The average molecular weight is 385 g/mol. The van der Waals surface area contributed by atoms with Crippen LogP contribution < -0.4 is 10.6 Å². The monoisotopic (exact) mass is 384 g/mol. The second kappa shape index (κ2) is 8.14. The molecule has 0 aliphatic heterocycles. The molecular formula is C20H18ClFN4O. The molecule has 138 valence electrons. The third kappa shape index (κ3) is 4.80. The summed E-state index contributed by atoms with van der Waals surface area (Å²) in [4.78, 5) is 21.1. The van der Waals surface area contributed by atoms with E-state index in [4.69, 9.17) is 11.6 Å². The van der Waals surface area contributed by atoms with Crippen molar-refractivity contribution in [3.63, 3.8) is 0 Å². The molecule has 1 amide bonds. The Kier molecular flexibility index (Phi) is 5.66. The quantitative estimate of drug-likeness (QED) is 0.666. The molecule has 0 saturated heterocycles. The minimum Gasteiger partial charge on any atom is -0.350 e. The van der Waals surface area contributed by atoms with Gasteiger partial charge in [-0.05, 0) is 43.7 Å². The van der Waals surface area contributed by atoms with E-state index in [-0.39, 0.29) is 29.9 Å². The number of nitrogens with zero attached hydrogens (tertiary/aromatic N) is 2. The third-order valence-electron chi connectivity index (χ3n) is 3.93. The Morgan fingerprint density at radius 3 is 2.67 bits per heavy atom. The smallest absolute Gasteiger partial charge is 0.274 e. The number of amides is 1. The first-order valence-corrected chi connectivity index (χ1v) is 8.70. The van der Waals surface area contributed by atoms with Crippen molar-refractivity contribution in [1.82, 2.24) is 9.97 Å². The van der Waals surface area contributed by atoms with Gasteiger partial charge in [-0.1, -0.05) is 35.9 Å². The molecule has 27 heavy (non-hydrogen) atoms. The number of aryl methyl sites for hydroxylation is 2. The van der Waals surface area contributed by atoms with E-state index < -0.39 is 0 Å². The van der Waals surface area contributed by atoms with Gasteiger partial charge in [-0.15, -0.1) is 0 Å². The molecule has 0 unspecified atom stereocenters. The van der Waals surface area contributed by atoms with Gasteiger partial charge in [0.1, 0.15) is 11.5 Å². The molecule has 0 bridgehead atoms. The molecule has 1 heterocycles. The molecule has 2 N–H and O–H groups in total. The van der Waals surface area contributed by atoms with E-state index in [0.717, 1.165) is 5.56 Å². The van der Waals surface area contributed by atoms with Gasteiger partial charge < -0.3 is 10.6 Å². The van der Waals surface area contributed by atoms with Gasteiger partial charge in [0.05, 0.1) is 0 Å². The molecule has 3 rings (SSSR count). The fourth-order valence-corrected chi connectivity index (χ4v) is 2.67. The van der Waals surface area contributed by atoms with Crippen LogP contribution in [0, 0.1) is 19.7 Å². The Morgan fingerprint density at radius 2 is 1.89 bits per heavy atom. The van der Waals surface area contributed by atoms with E-state index in [9.17, 15) is 9.18 Å². The maximum Gasteiger partial charge on any atom is 0.274 e. The van der Waals surface area contributed by atoms with Gasteiger partial charge >= 0.3 is 0 Å². The van der Waals surface area contributed by atoms with E-state index in [0.29, 0.717) is 22.0 Å². The summed E-state index contributed by atoms with van der Waals surface area (Å²) in [6, 6.07) is 13.3. The number of aromatic nitrogens is 2. The zero-order chi connectivity index (χ0) is 19.4.